The van der Waals surface area contributed by atoms with Crippen LogP contribution >= 0.6 is 15.9 Å². The number of nitrogens with one attached hydrogen (secondary N) is 1. The second kappa shape index (κ2) is 7.31. The van der Waals surface area contributed by atoms with Crippen LogP contribution in [0.4, 0.5) is 0 Å². The van der Waals surface area contributed by atoms with Gasteiger partial charge in [0.15, 0.2) is 6.10 Å². The maximum absolute atomic E-state index is 8.86. The number of hydrogen-bond acceptors (Lipinski definition) is 3. The maximum atomic E-state index is 8.86. The fourth-order valence-corrected chi connectivity index (χ4v) is 1.77. The van der Waals surface area contributed by atoms with Crippen LogP contribution < -0.4 is 10.1 Å². The molecule has 0 fully saturated rings. The molecule has 1 atom stereocenters. The SMILES string of the molecule is CCNCc1cc(OC(C#N)CC)ccc1Br. The van der Waals surface area contributed by atoms with Crippen LogP contribution in [0, 0.1) is 11.3 Å². The summed E-state index contributed by atoms with van der Waals surface area (Å²) in [6.45, 7) is 5.72. The van der Waals surface area contributed by atoms with Crippen LogP contribution in [0.25, 0.3) is 0 Å². The van der Waals surface area contributed by atoms with Crippen molar-refractivity contribution in [1.29, 1.82) is 5.26 Å². The minimum Gasteiger partial charge on any atom is -0.476 e. The fraction of sp³-hybridized carbons (Fsp3) is 0.462. The molecule has 0 heterocycles. The topological polar surface area (TPSA) is 45.0 Å². The molecule has 0 spiro atoms. The molecule has 0 aliphatic carbocycles. The average molecular weight is 297 g/mol. The summed E-state index contributed by atoms with van der Waals surface area (Å²) in [5.41, 5.74) is 1.14. The Hall–Kier alpha value is -1.05. The minimum atomic E-state index is -0.372. The van der Waals surface area contributed by atoms with Crippen LogP contribution in [0.15, 0.2) is 22.7 Å². The van der Waals surface area contributed by atoms with E-state index < -0.39 is 0 Å². The van der Waals surface area contributed by atoms with Gasteiger partial charge in [-0.2, -0.15) is 5.26 Å². The van der Waals surface area contributed by atoms with Crippen LogP contribution in [0.3, 0.4) is 0 Å². The molecule has 92 valence electrons. The van der Waals surface area contributed by atoms with Gasteiger partial charge in [0.2, 0.25) is 0 Å². The van der Waals surface area contributed by atoms with Crippen molar-refractivity contribution in [2.75, 3.05) is 6.54 Å². The summed E-state index contributed by atoms with van der Waals surface area (Å²) >= 11 is 3.50. The molecule has 1 unspecified atom stereocenters. The van der Waals surface area contributed by atoms with Crippen LogP contribution in [-0.4, -0.2) is 12.6 Å². The zero-order valence-electron chi connectivity index (χ0n) is 10.2. The first-order valence-corrected chi connectivity index (χ1v) is 6.56. The quantitative estimate of drug-likeness (QED) is 0.876. The van der Waals surface area contributed by atoms with E-state index in [2.05, 4.69) is 34.2 Å². The first-order chi connectivity index (χ1) is 8.21. The van der Waals surface area contributed by atoms with Crippen LogP contribution in [-0.2, 0) is 6.54 Å². The Kier molecular flexibility index (Phi) is 6.03. The van der Waals surface area contributed by atoms with Crippen molar-refractivity contribution < 1.29 is 4.74 Å². The molecule has 1 rings (SSSR count). The van der Waals surface area contributed by atoms with Crippen molar-refractivity contribution in [2.24, 2.45) is 0 Å². The van der Waals surface area contributed by atoms with Gasteiger partial charge < -0.3 is 10.1 Å². The summed E-state index contributed by atoms with van der Waals surface area (Å²) in [5, 5.41) is 12.1. The van der Waals surface area contributed by atoms with Gasteiger partial charge in [0.05, 0.1) is 0 Å². The Morgan fingerprint density at radius 1 is 1.47 bits per heavy atom. The van der Waals surface area contributed by atoms with Gasteiger partial charge in [0, 0.05) is 11.0 Å². The molecule has 1 N–H and O–H groups in total. The summed E-state index contributed by atoms with van der Waals surface area (Å²) in [6.07, 6.45) is 0.318. The number of ether oxygens (including phenoxy) is 1. The van der Waals surface area contributed by atoms with Crippen molar-refractivity contribution in [3.63, 3.8) is 0 Å². The van der Waals surface area contributed by atoms with Gasteiger partial charge in [-0.25, -0.2) is 0 Å². The smallest absolute Gasteiger partial charge is 0.184 e. The molecule has 0 saturated heterocycles. The van der Waals surface area contributed by atoms with Crippen LogP contribution in [0.2, 0.25) is 0 Å². The number of halogens is 1. The summed E-state index contributed by atoms with van der Waals surface area (Å²) in [6, 6.07) is 7.92. The summed E-state index contributed by atoms with van der Waals surface area (Å²) in [4.78, 5) is 0. The lowest BCUT2D eigenvalue weighted by atomic mass is 10.2. The summed E-state index contributed by atoms with van der Waals surface area (Å²) in [7, 11) is 0. The first kappa shape index (κ1) is 14.0. The van der Waals surface area contributed by atoms with E-state index in [9.17, 15) is 0 Å². The Bertz CT molecular complexity index is 401. The highest BCUT2D eigenvalue weighted by atomic mass is 79.9. The lowest BCUT2D eigenvalue weighted by Crippen LogP contribution is -2.14. The Morgan fingerprint density at radius 3 is 2.82 bits per heavy atom. The normalized spacial score (nSPS) is 11.9. The monoisotopic (exact) mass is 296 g/mol. The molecular formula is C13H17BrN2O. The fourth-order valence-electron chi connectivity index (χ4n) is 1.38. The molecule has 17 heavy (non-hydrogen) atoms. The van der Waals surface area contributed by atoms with Gasteiger partial charge >= 0.3 is 0 Å². The summed E-state index contributed by atoms with van der Waals surface area (Å²) < 4.78 is 6.63. The van der Waals surface area contributed by atoms with Crippen LogP contribution in [0.5, 0.6) is 5.75 Å². The number of rotatable bonds is 6. The zero-order chi connectivity index (χ0) is 12.7. The predicted octanol–water partition coefficient (Wildman–Crippen LogP) is 3.24. The lowest BCUT2D eigenvalue weighted by Gasteiger charge is -2.12. The number of hydrogen-bond donors (Lipinski definition) is 1. The Balaban J connectivity index is 2.77. The molecule has 1 aromatic rings. The molecule has 0 radical (unpaired) electrons. The molecule has 0 saturated carbocycles. The standard InChI is InChI=1S/C13H17BrN2O/c1-3-11(8-15)17-12-5-6-13(14)10(7-12)9-16-4-2/h5-7,11,16H,3-4,9H2,1-2H3. The van der Waals surface area contributed by atoms with E-state index in [0.717, 1.165) is 28.9 Å². The molecule has 0 aromatic heterocycles. The van der Waals surface area contributed by atoms with E-state index in [0.29, 0.717) is 6.42 Å². The minimum absolute atomic E-state index is 0.372. The third-order valence-corrected chi connectivity index (χ3v) is 3.15. The number of nitrogens with zero attached hydrogens (tertiary/aromatic N) is 1. The van der Waals surface area contributed by atoms with Gasteiger partial charge in [-0.15, -0.1) is 0 Å². The third kappa shape index (κ3) is 4.37. The van der Waals surface area contributed by atoms with Gasteiger partial charge in [-0.1, -0.05) is 29.8 Å². The Labute approximate surface area is 111 Å². The molecule has 0 amide bonds. The highest BCUT2D eigenvalue weighted by molar-refractivity contribution is 9.10. The van der Waals surface area contributed by atoms with Gasteiger partial charge in [0.25, 0.3) is 0 Å². The number of nitriles is 1. The molecule has 3 nitrogen and oxygen atoms in total. The van der Waals surface area contributed by atoms with Crippen molar-refractivity contribution in [3.8, 4) is 11.8 Å². The number of benzene rings is 1. The van der Waals surface area contributed by atoms with Crippen molar-refractivity contribution in [2.45, 2.75) is 32.9 Å². The highest BCUT2D eigenvalue weighted by Crippen LogP contribution is 2.23. The van der Waals surface area contributed by atoms with Gasteiger partial charge in [-0.05, 0) is 36.7 Å². The van der Waals surface area contributed by atoms with Gasteiger partial charge in [-0.3, -0.25) is 0 Å². The van der Waals surface area contributed by atoms with E-state index in [4.69, 9.17) is 10.00 Å². The second-order valence-corrected chi connectivity index (χ2v) is 4.53. The van der Waals surface area contributed by atoms with Crippen molar-refractivity contribution in [1.82, 2.24) is 5.32 Å². The lowest BCUT2D eigenvalue weighted by molar-refractivity contribution is 0.251. The van der Waals surface area contributed by atoms with E-state index in [1.165, 1.54) is 0 Å². The average Bonchev–Trinajstić information content (AvgIpc) is 2.36. The molecule has 0 bridgehead atoms. The zero-order valence-corrected chi connectivity index (χ0v) is 11.8. The van der Waals surface area contributed by atoms with E-state index in [-0.39, 0.29) is 6.10 Å². The van der Waals surface area contributed by atoms with E-state index in [1.807, 2.05) is 25.1 Å². The second-order valence-electron chi connectivity index (χ2n) is 3.68. The van der Waals surface area contributed by atoms with Gasteiger partial charge in [0.1, 0.15) is 11.8 Å². The molecule has 0 aliphatic rings. The Morgan fingerprint density at radius 2 is 2.24 bits per heavy atom. The predicted molar refractivity (Wildman–Crippen MR) is 71.8 cm³/mol. The van der Waals surface area contributed by atoms with Crippen molar-refractivity contribution in [3.05, 3.63) is 28.2 Å². The van der Waals surface area contributed by atoms with E-state index >= 15 is 0 Å². The molecule has 0 aliphatic heterocycles. The summed E-state index contributed by atoms with van der Waals surface area (Å²) in [5.74, 6) is 0.745. The van der Waals surface area contributed by atoms with Crippen molar-refractivity contribution >= 4 is 15.9 Å². The largest absolute Gasteiger partial charge is 0.476 e. The highest BCUT2D eigenvalue weighted by Gasteiger charge is 2.08. The molecule has 4 heteroatoms. The molecular weight excluding hydrogens is 280 g/mol. The maximum Gasteiger partial charge on any atom is 0.184 e. The third-order valence-electron chi connectivity index (χ3n) is 2.38. The first-order valence-electron chi connectivity index (χ1n) is 5.76. The van der Waals surface area contributed by atoms with Crippen LogP contribution in [0.1, 0.15) is 25.8 Å². The van der Waals surface area contributed by atoms with E-state index in [1.54, 1.807) is 0 Å². The molecule has 1 aromatic carbocycles.